The Morgan fingerprint density at radius 3 is 2.43 bits per heavy atom. The van der Waals surface area contributed by atoms with Gasteiger partial charge in [0.15, 0.2) is 18.0 Å². The first kappa shape index (κ1) is 37.3. The summed E-state index contributed by atoms with van der Waals surface area (Å²) in [5, 5.41) is 52.0. The average molecular weight is 732 g/mol. The van der Waals surface area contributed by atoms with Gasteiger partial charge in [0.25, 0.3) is 11.8 Å². The van der Waals surface area contributed by atoms with E-state index in [-0.39, 0.29) is 31.5 Å². The van der Waals surface area contributed by atoms with Crippen LogP contribution in [0.1, 0.15) is 37.3 Å². The van der Waals surface area contributed by atoms with Crippen molar-refractivity contribution in [2.75, 3.05) is 30.5 Å². The van der Waals surface area contributed by atoms with Crippen molar-refractivity contribution >= 4 is 37.5 Å². The zero-order valence-corrected chi connectivity index (χ0v) is 29.9. The number of aliphatic hydroxyl groups is 5. The summed E-state index contributed by atoms with van der Waals surface area (Å²) in [5.41, 5.74) is -0.244. The first-order chi connectivity index (χ1) is 24.1. The van der Waals surface area contributed by atoms with Gasteiger partial charge in [-0.25, -0.2) is 0 Å². The molecule has 0 aromatic heterocycles. The van der Waals surface area contributed by atoms with Gasteiger partial charge in [0.1, 0.15) is 24.1 Å². The normalized spacial score (nSPS) is 33.5. The molecule has 51 heavy (non-hydrogen) atoms. The molecule has 3 amide bonds. The molecule has 6 N–H and O–H groups in total. The summed E-state index contributed by atoms with van der Waals surface area (Å²) in [7, 11) is -2.03. The predicted octanol–water partition coefficient (Wildman–Crippen LogP) is 1.13. The standard InChI is InChI=1S/C35H46FN3O11Si/c1-18-31(51(3,4)36)25(15-26(41)38-13-5-6-21(38)17-40)50-35(18)23-14-22(48-2)11-12-24(23)39(34(35)47)16-19-7-9-20(10-8-19)37-32(45)30-28(43)27(42)29(44)33(46)49-30/h7-12,14,18,21,25,27-31,33,40,42-44,46H,5-6,13,15-17H2,1-4H3,(H,37,45)/t18-,21-,25+,27-,28-,29+,30-,31-,33+,35+/m0/s1. The van der Waals surface area contributed by atoms with Crippen LogP contribution in [0.4, 0.5) is 15.5 Å². The molecule has 4 heterocycles. The molecule has 3 fully saturated rings. The molecule has 0 aliphatic carbocycles. The number of carbonyl (C=O) groups is 3. The number of hydrogen-bond acceptors (Lipinski definition) is 11. The summed E-state index contributed by atoms with van der Waals surface area (Å²) < 4.78 is 33.5. The topological polar surface area (TPSA) is 199 Å². The van der Waals surface area contributed by atoms with E-state index in [1.807, 2.05) is 6.92 Å². The highest BCUT2D eigenvalue weighted by atomic mass is 28.4. The van der Waals surface area contributed by atoms with Crippen molar-refractivity contribution in [1.82, 2.24) is 4.90 Å². The number of nitrogens with one attached hydrogen (secondary N) is 1. The van der Waals surface area contributed by atoms with E-state index >= 15 is 4.11 Å². The van der Waals surface area contributed by atoms with Crippen LogP contribution in [-0.4, -0.2) is 120 Å². The highest BCUT2D eigenvalue weighted by molar-refractivity contribution is 6.72. The van der Waals surface area contributed by atoms with Gasteiger partial charge in [-0.3, -0.25) is 14.4 Å². The van der Waals surface area contributed by atoms with E-state index in [1.54, 1.807) is 65.4 Å². The van der Waals surface area contributed by atoms with Crippen molar-refractivity contribution in [1.29, 1.82) is 0 Å². The Hall–Kier alpha value is -3.48. The predicted molar refractivity (Wildman–Crippen MR) is 183 cm³/mol. The van der Waals surface area contributed by atoms with Crippen molar-refractivity contribution in [3.63, 3.8) is 0 Å². The van der Waals surface area contributed by atoms with Crippen LogP contribution in [0, 0.1) is 5.92 Å². The Morgan fingerprint density at radius 1 is 1.08 bits per heavy atom. The lowest BCUT2D eigenvalue weighted by Gasteiger charge is -2.37. The molecule has 2 aromatic carbocycles. The second kappa shape index (κ2) is 14.2. The van der Waals surface area contributed by atoms with Crippen LogP contribution in [0.25, 0.3) is 0 Å². The minimum atomic E-state index is -3.54. The Labute approximate surface area is 295 Å². The number of nitrogens with zero attached hydrogens (tertiary/aromatic N) is 2. The molecule has 4 aliphatic heterocycles. The lowest BCUT2D eigenvalue weighted by atomic mass is 9.82. The maximum atomic E-state index is 16.3. The zero-order chi connectivity index (χ0) is 37.0. The van der Waals surface area contributed by atoms with Crippen molar-refractivity contribution in [2.24, 2.45) is 5.92 Å². The maximum absolute atomic E-state index is 16.3. The van der Waals surface area contributed by atoms with Crippen molar-refractivity contribution in [3.05, 3.63) is 53.6 Å². The Morgan fingerprint density at radius 2 is 1.78 bits per heavy atom. The van der Waals surface area contributed by atoms with Gasteiger partial charge in [0.2, 0.25) is 14.3 Å². The third-order valence-corrected chi connectivity index (χ3v) is 13.3. The third-order valence-electron chi connectivity index (χ3n) is 10.9. The highest BCUT2D eigenvalue weighted by Gasteiger charge is 2.67. The first-order valence-electron chi connectivity index (χ1n) is 17.2. The Bertz CT molecular complexity index is 1640. The molecular formula is C35H46FN3O11Si. The maximum Gasteiger partial charge on any atom is 0.264 e. The smallest absolute Gasteiger partial charge is 0.264 e. The lowest BCUT2D eigenvalue weighted by Crippen LogP contribution is -2.60. The van der Waals surface area contributed by atoms with E-state index in [0.29, 0.717) is 41.2 Å². The summed E-state index contributed by atoms with van der Waals surface area (Å²) in [5.74, 6) is -1.64. The van der Waals surface area contributed by atoms with Gasteiger partial charge in [0, 0.05) is 29.3 Å². The van der Waals surface area contributed by atoms with Gasteiger partial charge in [-0.15, -0.1) is 0 Å². The number of likely N-dealkylation sites (tertiary alicyclic amines) is 1. The van der Waals surface area contributed by atoms with Crippen LogP contribution in [0.3, 0.4) is 0 Å². The van der Waals surface area contributed by atoms with E-state index in [4.69, 9.17) is 14.2 Å². The van der Waals surface area contributed by atoms with E-state index in [2.05, 4.69) is 5.32 Å². The second-order valence-electron chi connectivity index (χ2n) is 14.4. The molecule has 0 radical (unpaired) electrons. The lowest BCUT2D eigenvalue weighted by molar-refractivity contribution is -0.274. The molecular weight excluding hydrogens is 685 g/mol. The van der Waals surface area contributed by atoms with Crippen molar-refractivity contribution < 1.29 is 58.2 Å². The van der Waals surface area contributed by atoms with E-state index in [0.717, 1.165) is 6.42 Å². The largest absolute Gasteiger partial charge is 0.497 e. The van der Waals surface area contributed by atoms with Crippen molar-refractivity contribution in [2.45, 2.75) is 99.8 Å². The molecule has 2 aromatic rings. The van der Waals surface area contributed by atoms with Crippen molar-refractivity contribution in [3.8, 4) is 5.75 Å². The van der Waals surface area contributed by atoms with Gasteiger partial charge in [-0.05, 0) is 61.8 Å². The molecule has 14 nitrogen and oxygen atoms in total. The number of hydrogen-bond donors (Lipinski definition) is 6. The molecule has 10 atom stereocenters. The van der Waals surface area contributed by atoms with E-state index < -0.39 is 74.1 Å². The van der Waals surface area contributed by atoms with Gasteiger partial charge in [0.05, 0.1) is 44.5 Å². The van der Waals surface area contributed by atoms with Crippen LogP contribution >= 0.6 is 0 Å². The molecule has 1 spiro atoms. The molecule has 16 heteroatoms. The number of anilines is 2. The second-order valence-corrected chi connectivity index (χ2v) is 18.2. The number of ether oxygens (including phenoxy) is 3. The number of methoxy groups -OCH3 is 1. The molecule has 4 aliphatic rings. The highest BCUT2D eigenvalue weighted by Crippen LogP contribution is 2.60. The summed E-state index contributed by atoms with van der Waals surface area (Å²) in [6.45, 7) is 5.37. The SMILES string of the molecule is COc1ccc2c(c1)[C@@]1(O[C@H](CC(=O)N3CCC[C@H]3CO)[C@@H]([Si](C)(C)F)[C@@H]1C)C(=O)N2Cc1ccc(NC(=O)[C@H]2O[C@@H](O)[C@H](O)[C@@H](O)[C@@H]2O)cc1. The summed E-state index contributed by atoms with van der Waals surface area (Å²) in [6.07, 6.45) is -8.41. The van der Waals surface area contributed by atoms with Crippen LogP contribution in [0.5, 0.6) is 5.75 Å². The fourth-order valence-electron chi connectivity index (χ4n) is 8.32. The van der Waals surface area contributed by atoms with Crippen LogP contribution in [-0.2, 0) is 36.0 Å². The number of amides is 3. The first-order valence-corrected chi connectivity index (χ1v) is 20.1. The Balaban J connectivity index is 1.25. The fourth-order valence-corrected chi connectivity index (χ4v) is 10.8. The molecule has 0 unspecified atom stereocenters. The zero-order valence-electron chi connectivity index (χ0n) is 28.9. The fraction of sp³-hybridized carbons (Fsp3) is 0.571. The number of rotatable bonds is 9. The summed E-state index contributed by atoms with van der Waals surface area (Å²) in [6, 6.07) is 11.4. The van der Waals surface area contributed by atoms with E-state index in [1.165, 1.54) is 7.11 Å². The van der Waals surface area contributed by atoms with Gasteiger partial charge >= 0.3 is 0 Å². The average Bonchev–Trinajstić information content (AvgIpc) is 3.76. The summed E-state index contributed by atoms with van der Waals surface area (Å²) >= 11 is 0. The third kappa shape index (κ3) is 6.56. The molecule has 0 saturated carbocycles. The van der Waals surface area contributed by atoms with Gasteiger partial charge < -0.3 is 59.0 Å². The van der Waals surface area contributed by atoms with Crippen LogP contribution < -0.4 is 15.0 Å². The minimum Gasteiger partial charge on any atom is -0.497 e. The molecule has 0 bridgehead atoms. The number of halogens is 1. The Kier molecular flexibility index (Phi) is 10.3. The minimum absolute atomic E-state index is 0.0849. The summed E-state index contributed by atoms with van der Waals surface area (Å²) in [4.78, 5) is 44.3. The van der Waals surface area contributed by atoms with Crippen LogP contribution in [0.15, 0.2) is 42.5 Å². The number of fused-ring (bicyclic) bond motifs is 2. The van der Waals surface area contributed by atoms with Crippen LogP contribution in [0.2, 0.25) is 18.6 Å². The molecule has 278 valence electrons. The number of aliphatic hydroxyl groups excluding tert-OH is 5. The van der Waals surface area contributed by atoms with E-state index in [9.17, 15) is 39.9 Å². The number of carbonyl (C=O) groups excluding carboxylic acids is 3. The van der Waals surface area contributed by atoms with Gasteiger partial charge in [-0.2, -0.15) is 0 Å². The number of benzene rings is 2. The van der Waals surface area contributed by atoms with Gasteiger partial charge in [-0.1, -0.05) is 19.1 Å². The molecule has 3 saturated heterocycles. The monoisotopic (exact) mass is 731 g/mol. The quantitative estimate of drug-likeness (QED) is 0.160. The molecule has 6 rings (SSSR count).